The van der Waals surface area contributed by atoms with E-state index in [0.717, 1.165) is 24.1 Å². The highest BCUT2D eigenvalue weighted by Crippen LogP contribution is 2.31. The van der Waals surface area contributed by atoms with Gasteiger partial charge >= 0.3 is 0 Å². The van der Waals surface area contributed by atoms with E-state index in [2.05, 4.69) is 39.2 Å². The van der Waals surface area contributed by atoms with Crippen molar-refractivity contribution in [2.45, 2.75) is 50.9 Å². The van der Waals surface area contributed by atoms with Crippen LogP contribution in [0.1, 0.15) is 46.4 Å². The summed E-state index contributed by atoms with van der Waals surface area (Å²) in [5, 5.41) is 9.74. The number of hydrogen-bond acceptors (Lipinski definition) is 8. The summed E-state index contributed by atoms with van der Waals surface area (Å²) in [5.41, 5.74) is 17.3. The SMILES string of the molecule is C=N/C=C(\C=C/N)c1ccc2c(c1)c(C(N)=O)nn2CC(=O)N1C[C@H](F)CC1C(=O)Nc1nc(-c2ccc3c(c2)CCCC3)cs1. The summed E-state index contributed by atoms with van der Waals surface area (Å²) >= 11 is 1.28. The number of aryl methyl sites for hydroxylation is 2. The van der Waals surface area contributed by atoms with Gasteiger partial charge in [0, 0.05) is 34.5 Å². The highest BCUT2D eigenvalue weighted by molar-refractivity contribution is 7.14. The number of alkyl halides is 1. The average Bonchev–Trinajstić information content (AvgIpc) is 3.78. The molecule has 1 aliphatic carbocycles. The summed E-state index contributed by atoms with van der Waals surface area (Å²) in [6.07, 6.45) is 7.47. The second kappa shape index (κ2) is 13.1. The van der Waals surface area contributed by atoms with Crippen LogP contribution in [0.2, 0.25) is 0 Å². The van der Waals surface area contributed by atoms with Crippen LogP contribution in [-0.2, 0) is 29.0 Å². The number of carbonyl (C=O) groups is 3. The molecule has 2 aromatic heterocycles. The molecule has 236 valence electrons. The number of amides is 3. The molecule has 13 heteroatoms. The van der Waals surface area contributed by atoms with Gasteiger partial charge in [-0.05, 0) is 79.6 Å². The molecule has 0 radical (unpaired) electrons. The normalized spacial score (nSPS) is 18.2. The minimum atomic E-state index is -1.38. The zero-order valence-electron chi connectivity index (χ0n) is 25.0. The number of likely N-dealkylation sites (tertiary alicyclic amines) is 1. The number of aliphatic imine (C=N–C) groups is 1. The molecule has 1 aliphatic heterocycles. The predicted octanol–water partition coefficient (Wildman–Crippen LogP) is 4.23. The van der Waals surface area contributed by atoms with Crippen LogP contribution in [0.4, 0.5) is 9.52 Å². The van der Waals surface area contributed by atoms with E-state index in [1.165, 1.54) is 57.3 Å². The van der Waals surface area contributed by atoms with E-state index in [4.69, 9.17) is 11.5 Å². The molecule has 5 N–H and O–H groups in total. The van der Waals surface area contributed by atoms with Crippen molar-refractivity contribution in [3.63, 3.8) is 0 Å². The molecule has 0 spiro atoms. The zero-order chi connectivity index (χ0) is 32.4. The van der Waals surface area contributed by atoms with Crippen LogP contribution < -0.4 is 16.8 Å². The summed E-state index contributed by atoms with van der Waals surface area (Å²) in [6.45, 7) is 2.90. The van der Waals surface area contributed by atoms with Crippen molar-refractivity contribution < 1.29 is 18.8 Å². The standard InChI is InChI=1S/C33H33FN8O3S/c1-37-15-23(10-11-35)21-8-9-27-25(13-21)30(31(36)44)40-42(27)17-29(43)41-16-24(34)14-28(41)32(45)39-33-38-26(18-46-33)22-7-6-19-4-2-3-5-20(19)12-22/h6-13,15,18,24,28H,1-5,14,16-17,35H2,(H2,36,44)(H,38,39,45)/b11-10-,23-15+/t24-,28?/m1/s1. The molecule has 4 aromatic rings. The summed E-state index contributed by atoms with van der Waals surface area (Å²) in [7, 11) is 0. The number of rotatable bonds is 9. The van der Waals surface area contributed by atoms with Crippen molar-refractivity contribution in [1.29, 1.82) is 0 Å². The molecule has 2 aromatic carbocycles. The Morgan fingerprint density at radius 2 is 1.96 bits per heavy atom. The van der Waals surface area contributed by atoms with Crippen molar-refractivity contribution >= 4 is 57.4 Å². The van der Waals surface area contributed by atoms with Crippen molar-refractivity contribution in [3.8, 4) is 11.3 Å². The van der Waals surface area contributed by atoms with E-state index in [1.54, 1.807) is 24.3 Å². The lowest BCUT2D eigenvalue weighted by Crippen LogP contribution is -2.44. The molecule has 0 saturated carbocycles. The van der Waals surface area contributed by atoms with Crippen LogP contribution in [0.25, 0.3) is 27.7 Å². The Hall–Kier alpha value is -5.17. The number of carbonyl (C=O) groups excluding carboxylic acids is 3. The molecule has 1 unspecified atom stereocenters. The largest absolute Gasteiger partial charge is 0.405 e. The minimum absolute atomic E-state index is 0.0372. The quantitative estimate of drug-likeness (QED) is 0.183. The third-order valence-corrected chi connectivity index (χ3v) is 9.12. The Labute approximate surface area is 268 Å². The first-order valence-electron chi connectivity index (χ1n) is 14.9. The summed E-state index contributed by atoms with van der Waals surface area (Å²) in [5.74, 6) is -1.83. The van der Waals surface area contributed by atoms with Crippen LogP contribution in [0.3, 0.4) is 0 Å². The van der Waals surface area contributed by atoms with E-state index in [-0.39, 0.29) is 25.2 Å². The maximum Gasteiger partial charge on any atom is 0.269 e. The Morgan fingerprint density at radius 3 is 2.72 bits per heavy atom. The molecule has 3 amide bonds. The van der Waals surface area contributed by atoms with Gasteiger partial charge in [-0.25, -0.2) is 9.37 Å². The number of nitrogens with two attached hydrogens (primary N) is 2. The number of anilines is 1. The van der Waals surface area contributed by atoms with Gasteiger partial charge in [0.1, 0.15) is 18.8 Å². The van der Waals surface area contributed by atoms with Crippen LogP contribution in [0.5, 0.6) is 0 Å². The van der Waals surface area contributed by atoms with Gasteiger partial charge in [-0.1, -0.05) is 18.2 Å². The molecule has 0 bridgehead atoms. The number of primary amides is 1. The number of hydrogen-bond donors (Lipinski definition) is 3. The Balaban J connectivity index is 1.20. The predicted molar refractivity (Wildman–Crippen MR) is 177 cm³/mol. The van der Waals surface area contributed by atoms with E-state index >= 15 is 0 Å². The number of aromatic nitrogens is 3. The fourth-order valence-corrected chi connectivity index (χ4v) is 6.87. The van der Waals surface area contributed by atoms with E-state index in [9.17, 15) is 18.8 Å². The van der Waals surface area contributed by atoms with Crippen molar-refractivity contribution in [2.75, 3.05) is 11.9 Å². The average molecular weight is 641 g/mol. The van der Waals surface area contributed by atoms with Crippen molar-refractivity contribution in [3.05, 3.63) is 82.6 Å². The third kappa shape index (κ3) is 6.18. The molecule has 1 fully saturated rings. The summed E-state index contributed by atoms with van der Waals surface area (Å²) < 4.78 is 16.0. The van der Waals surface area contributed by atoms with Gasteiger partial charge < -0.3 is 21.7 Å². The maximum absolute atomic E-state index is 14.7. The number of thiazole rings is 1. The van der Waals surface area contributed by atoms with Gasteiger partial charge in [-0.2, -0.15) is 5.10 Å². The molecular formula is C33H33FN8O3S. The minimum Gasteiger partial charge on any atom is -0.405 e. The number of benzene rings is 2. The second-order valence-corrected chi connectivity index (χ2v) is 12.2. The van der Waals surface area contributed by atoms with Crippen LogP contribution in [0, 0.1) is 0 Å². The van der Waals surface area contributed by atoms with Crippen LogP contribution >= 0.6 is 11.3 Å². The topological polar surface area (TPSA) is 162 Å². The first-order chi connectivity index (χ1) is 22.2. The Bertz CT molecular complexity index is 1910. The first-order valence-corrected chi connectivity index (χ1v) is 15.8. The molecule has 2 aliphatic rings. The maximum atomic E-state index is 14.7. The zero-order valence-corrected chi connectivity index (χ0v) is 25.8. The lowest BCUT2D eigenvalue weighted by Gasteiger charge is -2.23. The van der Waals surface area contributed by atoms with Gasteiger partial charge in [0.05, 0.1) is 17.8 Å². The number of fused-ring (bicyclic) bond motifs is 2. The molecule has 2 atom stereocenters. The summed E-state index contributed by atoms with van der Waals surface area (Å²) in [6, 6.07) is 10.4. The highest BCUT2D eigenvalue weighted by Gasteiger charge is 2.40. The first kappa shape index (κ1) is 30.8. The second-order valence-electron chi connectivity index (χ2n) is 11.3. The fourth-order valence-electron chi connectivity index (χ4n) is 6.15. The molecular weight excluding hydrogens is 607 g/mol. The third-order valence-electron chi connectivity index (χ3n) is 8.36. The van der Waals surface area contributed by atoms with Gasteiger partial charge in [0.2, 0.25) is 11.8 Å². The lowest BCUT2D eigenvalue weighted by atomic mass is 9.90. The molecule has 6 rings (SSSR count). The van der Waals surface area contributed by atoms with Crippen molar-refractivity contribution in [1.82, 2.24) is 19.7 Å². The van der Waals surface area contributed by atoms with Crippen LogP contribution in [-0.4, -0.2) is 62.9 Å². The van der Waals surface area contributed by atoms with Gasteiger partial charge in [0.25, 0.3) is 5.91 Å². The molecule has 3 heterocycles. The Morgan fingerprint density at radius 1 is 1.15 bits per heavy atom. The van der Waals surface area contributed by atoms with Crippen molar-refractivity contribution in [2.24, 2.45) is 16.5 Å². The van der Waals surface area contributed by atoms with E-state index < -0.39 is 29.9 Å². The van der Waals surface area contributed by atoms with Gasteiger partial charge in [0.15, 0.2) is 10.8 Å². The van der Waals surface area contributed by atoms with E-state index in [1.807, 2.05) is 11.4 Å². The molecule has 46 heavy (non-hydrogen) atoms. The molecule has 1 saturated heterocycles. The Kier molecular flexibility index (Phi) is 8.75. The number of nitrogens with zero attached hydrogens (tertiary/aromatic N) is 5. The monoisotopic (exact) mass is 640 g/mol. The fraction of sp³-hybridized carbons (Fsp3) is 0.273. The van der Waals surface area contributed by atoms with Crippen LogP contribution in [0.15, 0.2) is 65.2 Å². The number of allylic oxidation sites excluding steroid dienone is 2. The smallest absolute Gasteiger partial charge is 0.269 e. The number of halogens is 1. The van der Waals surface area contributed by atoms with Gasteiger partial charge in [-0.3, -0.25) is 24.1 Å². The highest BCUT2D eigenvalue weighted by atomic mass is 32.1. The van der Waals surface area contributed by atoms with Gasteiger partial charge in [-0.15, -0.1) is 11.3 Å². The number of nitrogens with one attached hydrogen (secondary N) is 1. The molecule has 11 nitrogen and oxygen atoms in total. The lowest BCUT2D eigenvalue weighted by molar-refractivity contribution is -0.137. The van der Waals surface area contributed by atoms with E-state index in [0.29, 0.717) is 27.2 Å². The summed E-state index contributed by atoms with van der Waals surface area (Å²) in [4.78, 5) is 48.8.